The summed E-state index contributed by atoms with van der Waals surface area (Å²) in [5.41, 5.74) is 10.2. The molecule has 0 aliphatic heterocycles. The van der Waals surface area contributed by atoms with Crippen LogP contribution in [0.15, 0.2) is 48.0 Å². The van der Waals surface area contributed by atoms with E-state index in [4.69, 9.17) is 10.7 Å². The number of thiazole rings is 1. The van der Waals surface area contributed by atoms with E-state index < -0.39 is 0 Å². The monoisotopic (exact) mass is 281 g/mol. The molecule has 0 fully saturated rings. The van der Waals surface area contributed by atoms with Gasteiger partial charge in [0.15, 0.2) is 0 Å². The molecule has 0 aliphatic carbocycles. The molecule has 1 aromatic carbocycles. The highest BCUT2D eigenvalue weighted by molar-refractivity contribution is 7.10. The van der Waals surface area contributed by atoms with Crippen LogP contribution in [0.2, 0.25) is 0 Å². The van der Waals surface area contributed by atoms with Gasteiger partial charge in [0.05, 0.1) is 10.7 Å². The maximum Gasteiger partial charge on any atom is 0.123 e. The molecular formula is C16H15N3S. The molecule has 0 amide bonds. The first-order chi connectivity index (χ1) is 9.72. The van der Waals surface area contributed by atoms with Crippen molar-refractivity contribution in [3.63, 3.8) is 0 Å². The summed E-state index contributed by atoms with van der Waals surface area (Å²) in [5, 5.41) is 3.20. The number of hydrogen-bond acceptors (Lipinski definition) is 4. The van der Waals surface area contributed by atoms with Gasteiger partial charge in [0.1, 0.15) is 5.82 Å². The minimum Gasteiger partial charge on any atom is -0.384 e. The first kappa shape index (κ1) is 12.8. The lowest BCUT2D eigenvalue weighted by Crippen LogP contribution is -1.96. The van der Waals surface area contributed by atoms with Gasteiger partial charge in [-0.15, -0.1) is 11.3 Å². The van der Waals surface area contributed by atoms with Gasteiger partial charge < -0.3 is 5.73 Å². The maximum atomic E-state index is 5.68. The second-order valence-electron chi connectivity index (χ2n) is 4.70. The zero-order valence-electron chi connectivity index (χ0n) is 11.2. The van der Waals surface area contributed by atoms with Crippen LogP contribution in [0.4, 0.5) is 5.82 Å². The van der Waals surface area contributed by atoms with Crippen molar-refractivity contribution < 1.29 is 0 Å². The zero-order chi connectivity index (χ0) is 13.9. The number of pyridine rings is 1. The highest BCUT2D eigenvalue weighted by atomic mass is 32.1. The van der Waals surface area contributed by atoms with E-state index in [9.17, 15) is 0 Å². The summed E-state index contributed by atoms with van der Waals surface area (Å²) in [6.45, 7) is 2.05. The lowest BCUT2D eigenvalue weighted by Gasteiger charge is -2.03. The number of hydrogen-bond donors (Lipinski definition) is 1. The van der Waals surface area contributed by atoms with Crippen LogP contribution >= 0.6 is 11.3 Å². The Hall–Kier alpha value is -2.20. The summed E-state index contributed by atoms with van der Waals surface area (Å²) >= 11 is 1.68. The third-order valence-electron chi connectivity index (χ3n) is 3.20. The Kier molecular flexibility index (Phi) is 3.48. The van der Waals surface area contributed by atoms with E-state index in [2.05, 4.69) is 29.4 Å². The number of anilines is 1. The summed E-state index contributed by atoms with van der Waals surface area (Å²) in [6, 6.07) is 12.1. The predicted molar refractivity (Wildman–Crippen MR) is 83.7 cm³/mol. The van der Waals surface area contributed by atoms with E-state index in [1.54, 1.807) is 11.3 Å². The topological polar surface area (TPSA) is 51.8 Å². The molecule has 20 heavy (non-hydrogen) atoms. The number of aryl methyl sites for hydroxylation is 1. The molecule has 0 aliphatic rings. The van der Waals surface area contributed by atoms with E-state index >= 15 is 0 Å². The van der Waals surface area contributed by atoms with Gasteiger partial charge in [-0.05, 0) is 24.1 Å². The Labute approximate surface area is 122 Å². The van der Waals surface area contributed by atoms with Gasteiger partial charge in [-0.2, -0.15) is 0 Å². The third-order valence-corrected chi connectivity index (χ3v) is 4.05. The van der Waals surface area contributed by atoms with Crippen LogP contribution in [0, 0.1) is 6.92 Å². The minimum atomic E-state index is 0.565. The molecule has 0 unspecified atom stereocenters. The summed E-state index contributed by atoms with van der Waals surface area (Å²) in [7, 11) is 0. The summed E-state index contributed by atoms with van der Waals surface area (Å²) in [4.78, 5) is 8.85. The Morgan fingerprint density at radius 3 is 2.75 bits per heavy atom. The van der Waals surface area contributed by atoms with Gasteiger partial charge in [-0.3, -0.25) is 0 Å². The first-order valence-corrected chi connectivity index (χ1v) is 7.31. The third kappa shape index (κ3) is 2.70. The molecule has 0 atom stereocenters. The van der Waals surface area contributed by atoms with Crippen molar-refractivity contribution in [1.29, 1.82) is 0 Å². The molecule has 0 bridgehead atoms. The second kappa shape index (κ2) is 5.43. The molecule has 3 rings (SSSR count). The van der Waals surface area contributed by atoms with Crippen molar-refractivity contribution in [1.82, 2.24) is 9.97 Å². The Bertz CT molecular complexity index is 720. The minimum absolute atomic E-state index is 0.565. The average molecular weight is 281 g/mol. The normalized spacial score (nSPS) is 10.7. The van der Waals surface area contributed by atoms with Gasteiger partial charge in [0.25, 0.3) is 0 Å². The zero-order valence-corrected chi connectivity index (χ0v) is 12.0. The number of aromatic nitrogens is 2. The van der Waals surface area contributed by atoms with Crippen LogP contribution in [-0.4, -0.2) is 9.97 Å². The van der Waals surface area contributed by atoms with Crippen LogP contribution in [0.1, 0.15) is 16.1 Å². The molecule has 0 radical (unpaired) electrons. The van der Waals surface area contributed by atoms with Gasteiger partial charge in [0.2, 0.25) is 0 Å². The SMILES string of the molecule is Cc1cc(N)ncc1Cc1nc(-c2ccccc2)cs1. The molecule has 3 aromatic rings. The van der Waals surface area contributed by atoms with Gasteiger partial charge in [0, 0.05) is 23.6 Å². The number of benzene rings is 1. The van der Waals surface area contributed by atoms with Crippen molar-refractivity contribution in [3.8, 4) is 11.3 Å². The molecule has 2 heterocycles. The largest absolute Gasteiger partial charge is 0.384 e. The van der Waals surface area contributed by atoms with E-state index in [1.165, 1.54) is 5.56 Å². The Balaban J connectivity index is 1.84. The average Bonchev–Trinajstić information content (AvgIpc) is 2.92. The number of nitrogen functional groups attached to an aromatic ring is 1. The Morgan fingerprint density at radius 1 is 1.20 bits per heavy atom. The van der Waals surface area contributed by atoms with Gasteiger partial charge >= 0.3 is 0 Å². The lowest BCUT2D eigenvalue weighted by atomic mass is 10.1. The predicted octanol–water partition coefficient (Wildman–Crippen LogP) is 3.69. The summed E-state index contributed by atoms with van der Waals surface area (Å²) < 4.78 is 0. The van der Waals surface area contributed by atoms with E-state index in [0.29, 0.717) is 5.82 Å². The van der Waals surface area contributed by atoms with Crippen molar-refractivity contribution in [2.45, 2.75) is 13.3 Å². The smallest absolute Gasteiger partial charge is 0.123 e. The van der Waals surface area contributed by atoms with E-state index in [0.717, 1.165) is 28.2 Å². The highest BCUT2D eigenvalue weighted by Crippen LogP contribution is 2.24. The molecular weight excluding hydrogens is 266 g/mol. The Morgan fingerprint density at radius 2 is 2.00 bits per heavy atom. The van der Waals surface area contributed by atoms with Crippen molar-refractivity contribution in [2.24, 2.45) is 0 Å². The first-order valence-electron chi connectivity index (χ1n) is 6.43. The fourth-order valence-corrected chi connectivity index (χ4v) is 2.91. The van der Waals surface area contributed by atoms with Crippen LogP contribution in [0.3, 0.4) is 0 Å². The molecule has 4 heteroatoms. The summed E-state index contributed by atoms with van der Waals surface area (Å²) in [5.74, 6) is 0.565. The highest BCUT2D eigenvalue weighted by Gasteiger charge is 2.07. The molecule has 2 N–H and O–H groups in total. The van der Waals surface area contributed by atoms with Crippen LogP contribution in [-0.2, 0) is 6.42 Å². The van der Waals surface area contributed by atoms with E-state index in [1.807, 2.05) is 30.5 Å². The number of nitrogens with two attached hydrogens (primary N) is 1. The lowest BCUT2D eigenvalue weighted by molar-refractivity contribution is 1.09. The van der Waals surface area contributed by atoms with Crippen LogP contribution in [0.25, 0.3) is 11.3 Å². The fraction of sp³-hybridized carbons (Fsp3) is 0.125. The summed E-state index contributed by atoms with van der Waals surface area (Å²) in [6.07, 6.45) is 2.64. The second-order valence-corrected chi connectivity index (χ2v) is 5.65. The quantitative estimate of drug-likeness (QED) is 0.796. The molecule has 3 nitrogen and oxygen atoms in total. The van der Waals surface area contributed by atoms with Crippen LogP contribution in [0.5, 0.6) is 0 Å². The standard InChI is InChI=1S/C16H15N3S/c1-11-7-15(17)18-9-13(11)8-16-19-14(10-20-16)12-5-3-2-4-6-12/h2-7,9-10H,8H2,1H3,(H2,17,18). The number of nitrogens with zero attached hydrogens (tertiary/aromatic N) is 2. The molecule has 2 aromatic heterocycles. The van der Waals surface area contributed by atoms with Crippen molar-refractivity contribution in [2.75, 3.05) is 5.73 Å². The number of rotatable bonds is 3. The molecule has 0 saturated heterocycles. The van der Waals surface area contributed by atoms with E-state index in [-0.39, 0.29) is 0 Å². The maximum absolute atomic E-state index is 5.68. The fourth-order valence-electron chi connectivity index (χ4n) is 2.09. The molecule has 0 spiro atoms. The van der Waals surface area contributed by atoms with Crippen molar-refractivity contribution in [3.05, 3.63) is 64.1 Å². The van der Waals surface area contributed by atoms with Crippen LogP contribution < -0.4 is 5.73 Å². The van der Waals surface area contributed by atoms with Crippen molar-refractivity contribution >= 4 is 17.2 Å². The van der Waals surface area contributed by atoms with Gasteiger partial charge in [-0.1, -0.05) is 30.3 Å². The molecule has 100 valence electrons. The molecule has 0 saturated carbocycles. The van der Waals surface area contributed by atoms with Gasteiger partial charge in [-0.25, -0.2) is 9.97 Å².